The molecule has 0 amide bonds. The van der Waals surface area contributed by atoms with Crippen molar-refractivity contribution >= 4 is 17.3 Å². The summed E-state index contributed by atoms with van der Waals surface area (Å²) in [5, 5.41) is 22.0. The van der Waals surface area contributed by atoms with Gasteiger partial charge in [-0.2, -0.15) is 0 Å². The van der Waals surface area contributed by atoms with Crippen LogP contribution in [0.5, 0.6) is 0 Å². The van der Waals surface area contributed by atoms with Gasteiger partial charge in [-0.25, -0.2) is 0 Å². The molecule has 80 valence electrons. The quantitative estimate of drug-likeness (QED) is 0.215. The minimum Gasteiger partial charge on any atom is -0.867 e. The molecule has 1 aromatic rings. The Bertz CT molecular complexity index is 566. The molecule has 1 aliphatic rings. The van der Waals surface area contributed by atoms with Gasteiger partial charge in [0.2, 0.25) is 0 Å². The van der Waals surface area contributed by atoms with Gasteiger partial charge in [0, 0.05) is 11.8 Å². The molecule has 0 aliphatic heterocycles. The first-order chi connectivity index (χ1) is 7.54. The van der Waals surface area contributed by atoms with Gasteiger partial charge in [0.05, 0.1) is 4.92 Å². The molecule has 0 bridgehead atoms. The average Bonchev–Trinajstić information content (AvgIpc) is 2.26. The summed E-state index contributed by atoms with van der Waals surface area (Å²) >= 11 is 0. The van der Waals surface area contributed by atoms with E-state index in [4.69, 9.17) is 0 Å². The molecule has 0 saturated heterocycles. The van der Waals surface area contributed by atoms with Crippen LogP contribution in [0.4, 0.5) is 0 Å². The van der Waals surface area contributed by atoms with Crippen molar-refractivity contribution in [3.63, 3.8) is 0 Å². The van der Waals surface area contributed by atoms with Crippen LogP contribution in [0, 0.1) is 10.1 Å². The Morgan fingerprint density at radius 1 is 1.24 bits per heavy atom. The number of hydrogen-bond donors (Lipinski definition) is 0. The van der Waals surface area contributed by atoms with Crippen LogP contribution in [0.2, 0.25) is 0 Å². The SMILES string of the molecule is O=C1C(=O)c2ncccc2C([O-])=C1[N+](=O)[O-].[Na+]. The molecule has 1 aliphatic carbocycles. The number of pyridine rings is 1. The van der Waals surface area contributed by atoms with Crippen molar-refractivity contribution in [1.29, 1.82) is 0 Å². The van der Waals surface area contributed by atoms with Gasteiger partial charge in [-0.3, -0.25) is 24.7 Å². The van der Waals surface area contributed by atoms with E-state index in [1.165, 1.54) is 18.3 Å². The zero-order chi connectivity index (χ0) is 11.9. The second kappa shape index (κ2) is 4.74. The maximum absolute atomic E-state index is 11.5. The molecule has 2 rings (SSSR count). The van der Waals surface area contributed by atoms with Crippen molar-refractivity contribution < 1.29 is 49.2 Å². The second-order valence-electron chi connectivity index (χ2n) is 2.99. The standard InChI is InChI=1S/C9H4N2O5.Na/c12-7-4-2-1-3-10-5(4)8(13)9(14)6(7)11(15)16;/h1-3,12H;/q;+1/p-1. The monoisotopic (exact) mass is 242 g/mol. The summed E-state index contributed by atoms with van der Waals surface area (Å²) < 4.78 is 0. The number of Topliss-reactive ketones (excluding diaryl/α,β-unsaturated/α-hetero) is 2. The van der Waals surface area contributed by atoms with Crippen LogP contribution in [-0.2, 0) is 4.79 Å². The second-order valence-corrected chi connectivity index (χ2v) is 2.99. The van der Waals surface area contributed by atoms with E-state index in [9.17, 15) is 24.8 Å². The number of hydrogen-bond acceptors (Lipinski definition) is 6. The Balaban J connectivity index is 0.00000144. The number of carbonyl (C=O) groups is 2. The molecule has 0 atom stereocenters. The molecular weight excluding hydrogens is 239 g/mol. The molecule has 1 aromatic heterocycles. The van der Waals surface area contributed by atoms with Crippen LogP contribution in [0.1, 0.15) is 16.1 Å². The summed E-state index contributed by atoms with van der Waals surface area (Å²) in [6, 6.07) is 2.58. The predicted octanol–water partition coefficient (Wildman–Crippen LogP) is -3.84. The van der Waals surface area contributed by atoms with E-state index in [2.05, 4.69) is 4.98 Å². The fourth-order valence-electron chi connectivity index (χ4n) is 1.38. The van der Waals surface area contributed by atoms with Gasteiger partial charge in [0.15, 0.2) is 0 Å². The molecule has 0 unspecified atom stereocenters. The van der Waals surface area contributed by atoms with Crippen LogP contribution < -0.4 is 34.7 Å². The molecule has 0 radical (unpaired) electrons. The molecule has 0 aromatic carbocycles. The van der Waals surface area contributed by atoms with Crippen molar-refractivity contribution in [2.24, 2.45) is 0 Å². The zero-order valence-electron chi connectivity index (χ0n) is 8.67. The molecular formula is C9H3N2NaO5. The van der Waals surface area contributed by atoms with E-state index in [1.807, 2.05) is 0 Å². The number of carbonyl (C=O) groups excluding carboxylic acids is 2. The smallest absolute Gasteiger partial charge is 0.867 e. The third kappa shape index (κ3) is 1.99. The molecule has 1 heterocycles. The van der Waals surface area contributed by atoms with Crippen molar-refractivity contribution in [3.8, 4) is 0 Å². The number of nitrogens with zero attached hydrogens (tertiary/aromatic N) is 2. The van der Waals surface area contributed by atoms with Gasteiger partial charge in [-0.05, 0) is 11.8 Å². The van der Waals surface area contributed by atoms with E-state index in [0.29, 0.717) is 0 Å². The predicted molar refractivity (Wildman–Crippen MR) is 47.5 cm³/mol. The molecule has 7 nitrogen and oxygen atoms in total. The van der Waals surface area contributed by atoms with Crippen LogP contribution in [0.3, 0.4) is 0 Å². The number of allylic oxidation sites excluding steroid dienone is 1. The summed E-state index contributed by atoms with van der Waals surface area (Å²) in [5.41, 5.74) is -1.76. The van der Waals surface area contributed by atoms with Crippen molar-refractivity contribution in [3.05, 3.63) is 45.4 Å². The molecule has 0 spiro atoms. The normalized spacial score (nSPS) is 14.1. The van der Waals surface area contributed by atoms with Crippen LogP contribution in [0.15, 0.2) is 24.0 Å². The van der Waals surface area contributed by atoms with Gasteiger partial charge in [0.25, 0.3) is 5.78 Å². The summed E-state index contributed by atoms with van der Waals surface area (Å²) in [7, 11) is 0. The molecule has 0 saturated carbocycles. The minimum absolute atomic E-state index is 0. The van der Waals surface area contributed by atoms with Crippen molar-refractivity contribution in [2.75, 3.05) is 0 Å². The van der Waals surface area contributed by atoms with E-state index >= 15 is 0 Å². The van der Waals surface area contributed by atoms with Gasteiger partial charge in [-0.1, -0.05) is 6.07 Å². The Kier molecular flexibility index (Phi) is 3.76. The van der Waals surface area contributed by atoms with E-state index in [-0.39, 0.29) is 40.8 Å². The number of rotatable bonds is 1. The van der Waals surface area contributed by atoms with Gasteiger partial charge < -0.3 is 5.11 Å². The fraction of sp³-hybridized carbons (Fsp3) is 0. The number of fused-ring (bicyclic) bond motifs is 1. The Labute approximate surface area is 117 Å². The Hall–Kier alpha value is -1.57. The van der Waals surface area contributed by atoms with E-state index < -0.39 is 27.9 Å². The van der Waals surface area contributed by atoms with Gasteiger partial charge in [-0.15, -0.1) is 0 Å². The fourth-order valence-corrected chi connectivity index (χ4v) is 1.38. The molecule has 17 heavy (non-hydrogen) atoms. The molecule has 0 fully saturated rings. The van der Waals surface area contributed by atoms with Gasteiger partial charge >= 0.3 is 41.0 Å². The first-order valence-corrected chi connectivity index (χ1v) is 4.14. The summed E-state index contributed by atoms with van der Waals surface area (Å²) in [4.78, 5) is 35.6. The molecule has 8 heteroatoms. The number of aromatic nitrogens is 1. The van der Waals surface area contributed by atoms with Crippen LogP contribution >= 0.6 is 0 Å². The third-order valence-electron chi connectivity index (χ3n) is 2.09. The van der Waals surface area contributed by atoms with E-state index in [1.54, 1.807) is 0 Å². The minimum atomic E-state index is -1.42. The molecule has 0 N–H and O–H groups in total. The first kappa shape index (κ1) is 13.5. The van der Waals surface area contributed by atoms with Crippen molar-refractivity contribution in [1.82, 2.24) is 4.98 Å². The van der Waals surface area contributed by atoms with Crippen molar-refractivity contribution in [2.45, 2.75) is 0 Å². The summed E-state index contributed by atoms with van der Waals surface area (Å²) in [6.07, 6.45) is 1.23. The average molecular weight is 242 g/mol. The number of ketones is 2. The maximum atomic E-state index is 11.5. The van der Waals surface area contributed by atoms with E-state index in [0.717, 1.165) is 0 Å². The largest absolute Gasteiger partial charge is 1.00 e. The van der Waals surface area contributed by atoms with Crippen LogP contribution in [0.25, 0.3) is 5.76 Å². The Morgan fingerprint density at radius 2 is 1.88 bits per heavy atom. The number of nitro groups is 1. The third-order valence-corrected chi connectivity index (χ3v) is 2.09. The van der Waals surface area contributed by atoms with Crippen LogP contribution in [-0.4, -0.2) is 21.5 Å². The Morgan fingerprint density at radius 3 is 2.47 bits per heavy atom. The summed E-state index contributed by atoms with van der Waals surface area (Å²) in [6.45, 7) is 0. The first-order valence-electron chi connectivity index (χ1n) is 4.14. The van der Waals surface area contributed by atoms with Gasteiger partial charge in [0.1, 0.15) is 5.69 Å². The summed E-state index contributed by atoms with van der Waals surface area (Å²) in [5.74, 6) is -3.61. The zero-order valence-corrected chi connectivity index (χ0v) is 10.7. The topological polar surface area (TPSA) is 113 Å². The maximum Gasteiger partial charge on any atom is 1.00 e.